The van der Waals surface area contributed by atoms with Crippen molar-refractivity contribution in [2.75, 3.05) is 25.0 Å². The molecule has 1 heterocycles. The fourth-order valence-electron chi connectivity index (χ4n) is 4.17. The van der Waals surface area contributed by atoms with Gasteiger partial charge in [-0.05, 0) is 99.8 Å². The molecule has 204 valence electrons. The molecule has 1 aromatic heterocycles. The van der Waals surface area contributed by atoms with Crippen LogP contribution < -0.4 is 5.32 Å². The second kappa shape index (κ2) is 14.0. The van der Waals surface area contributed by atoms with Crippen molar-refractivity contribution in [1.29, 1.82) is 0 Å². The van der Waals surface area contributed by atoms with E-state index in [2.05, 4.69) is 36.0 Å². The van der Waals surface area contributed by atoms with Crippen LogP contribution in [-0.2, 0) is 10.1 Å². The smallest absolute Gasteiger partial charge is 0.294 e. The van der Waals surface area contributed by atoms with Crippen LogP contribution in [0.3, 0.4) is 0 Å². The van der Waals surface area contributed by atoms with E-state index in [4.69, 9.17) is 16.2 Å². The van der Waals surface area contributed by atoms with Crippen LogP contribution in [0, 0.1) is 6.92 Å². The summed E-state index contributed by atoms with van der Waals surface area (Å²) in [6.45, 7) is 15.3. The number of fused-ring (bicyclic) bond motifs is 1. The number of pyridine rings is 1. The van der Waals surface area contributed by atoms with Gasteiger partial charge in [0.15, 0.2) is 0 Å². The van der Waals surface area contributed by atoms with E-state index in [0.717, 1.165) is 41.1 Å². The van der Waals surface area contributed by atoms with Gasteiger partial charge in [-0.15, -0.1) is 0 Å². The number of benzene rings is 2. The Kier molecular flexibility index (Phi) is 11.6. The van der Waals surface area contributed by atoms with Gasteiger partial charge in [-0.3, -0.25) is 9.54 Å². The van der Waals surface area contributed by atoms with E-state index >= 15 is 0 Å². The number of nitrogens with one attached hydrogen (secondary N) is 1. The van der Waals surface area contributed by atoms with Crippen molar-refractivity contribution in [2.24, 2.45) is 0 Å². The van der Waals surface area contributed by atoms with E-state index in [0.29, 0.717) is 17.2 Å². The number of phenols is 1. The normalized spacial score (nSPS) is 12.5. The maximum Gasteiger partial charge on any atom is 0.294 e. The van der Waals surface area contributed by atoms with Crippen molar-refractivity contribution in [3.05, 3.63) is 58.7 Å². The van der Waals surface area contributed by atoms with E-state index < -0.39 is 10.1 Å². The van der Waals surface area contributed by atoms with Crippen molar-refractivity contribution >= 4 is 38.3 Å². The monoisotopic (exact) mass is 549 g/mol. The fourth-order valence-corrected chi connectivity index (χ4v) is 5.08. The van der Waals surface area contributed by atoms with Gasteiger partial charge in [-0.1, -0.05) is 39.3 Å². The van der Waals surface area contributed by atoms with Gasteiger partial charge in [0.25, 0.3) is 10.1 Å². The topological polar surface area (TPSA) is 103 Å². The number of aromatic hydroxyl groups is 1. The van der Waals surface area contributed by atoms with Gasteiger partial charge < -0.3 is 15.3 Å². The molecule has 0 saturated carbocycles. The molecule has 0 amide bonds. The number of hydrogen-bond acceptors (Lipinski definition) is 6. The number of phenolic OH excluding ortho intramolecular Hbond substituents is 1. The summed E-state index contributed by atoms with van der Waals surface area (Å²) in [4.78, 5) is 6.71. The third kappa shape index (κ3) is 9.14. The molecule has 0 radical (unpaired) electrons. The lowest BCUT2D eigenvalue weighted by molar-refractivity contribution is 0.295. The Bertz CT molecular complexity index is 1280. The maximum atomic E-state index is 11.0. The minimum Gasteiger partial charge on any atom is -0.508 e. The molecule has 0 aliphatic heterocycles. The Balaban J connectivity index is 0.000000281. The molecule has 3 aromatic rings. The van der Waals surface area contributed by atoms with E-state index in [-0.39, 0.29) is 16.6 Å². The number of aryl methyl sites for hydroxylation is 1. The Labute approximate surface area is 226 Å². The van der Waals surface area contributed by atoms with Crippen molar-refractivity contribution < 1.29 is 18.1 Å². The van der Waals surface area contributed by atoms with Crippen molar-refractivity contribution in [3.63, 3.8) is 0 Å². The predicted molar refractivity (Wildman–Crippen MR) is 154 cm³/mol. The summed E-state index contributed by atoms with van der Waals surface area (Å²) in [5, 5.41) is 15.0. The zero-order valence-electron chi connectivity index (χ0n) is 22.6. The molecule has 2 aromatic carbocycles. The molecular weight excluding hydrogens is 510 g/mol. The first-order valence-electron chi connectivity index (χ1n) is 12.7. The van der Waals surface area contributed by atoms with E-state index in [1.54, 1.807) is 0 Å². The van der Waals surface area contributed by atoms with Crippen LogP contribution in [0.5, 0.6) is 5.75 Å². The molecule has 7 nitrogen and oxygen atoms in total. The van der Waals surface area contributed by atoms with Crippen LogP contribution in [0.15, 0.2) is 47.5 Å². The molecule has 0 fully saturated rings. The zero-order valence-corrected chi connectivity index (χ0v) is 24.2. The van der Waals surface area contributed by atoms with E-state index in [1.807, 2.05) is 44.3 Å². The molecule has 1 atom stereocenters. The lowest BCUT2D eigenvalue weighted by Gasteiger charge is -2.20. The van der Waals surface area contributed by atoms with Crippen molar-refractivity contribution in [2.45, 2.75) is 71.2 Å². The highest BCUT2D eigenvalue weighted by Gasteiger charge is 2.17. The van der Waals surface area contributed by atoms with Crippen molar-refractivity contribution in [3.8, 4) is 5.75 Å². The number of nitrogens with zero attached hydrogens (tertiary/aromatic N) is 2. The molecule has 0 aliphatic carbocycles. The van der Waals surface area contributed by atoms with Gasteiger partial charge in [0.05, 0.1) is 10.4 Å². The number of hydrogen-bond donors (Lipinski definition) is 3. The molecule has 3 rings (SSSR count). The largest absolute Gasteiger partial charge is 0.508 e. The quantitative estimate of drug-likeness (QED) is 0.237. The lowest BCUT2D eigenvalue weighted by atomic mass is 10.0. The highest BCUT2D eigenvalue weighted by atomic mass is 35.5. The van der Waals surface area contributed by atoms with Gasteiger partial charge in [-0.2, -0.15) is 8.42 Å². The molecule has 0 aliphatic rings. The van der Waals surface area contributed by atoms with Crippen molar-refractivity contribution in [1.82, 2.24) is 9.88 Å². The maximum absolute atomic E-state index is 11.0. The van der Waals surface area contributed by atoms with Gasteiger partial charge in [0.2, 0.25) is 0 Å². The highest BCUT2D eigenvalue weighted by molar-refractivity contribution is 7.85. The summed E-state index contributed by atoms with van der Waals surface area (Å²) in [7, 11) is -4.22. The third-order valence-corrected chi connectivity index (χ3v) is 7.57. The number of anilines is 1. The molecule has 0 saturated heterocycles. The summed E-state index contributed by atoms with van der Waals surface area (Å²) < 4.78 is 31.0. The summed E-state index contributed by atoms with van der Waals surface area (Å²) in [5.41, 5.74) is 2.91. The minimum atomic E-state index is -4.22. The van der Waals surface area contributed by atoms with E-state index in [1.165, 1.54) is 32.0 Å². The van der Waals surface area contributed by atoms with Crippen LogP contribution >= 0.6 is 11.6 Å². The Hall–Kier alpha value is -2.39. The van der Waals surface area contributed by atoms with Crippen LogP contribution in [0.1, 0.15) is 64.5 Å². The average Bonchev–Trinajstić information content (AvgIpc) is 2.81. The number of rotatable bonds is 10. The first-order valence-corrected chi connectivity index (χ1v) is 14.5. The second-order valence-electron chi connectivity index (χ2n) is 9.54. The van der Waals surface area contributed by atoms with Gasteiger partial charge >= 0.3 is 0 Å². The van der Waals surface area contributed by atoms with Crippen LogP contribution in [-0.4, -0.2) is 53.6 Å². The standard InChI is InChI=1S/C18H26ClN3.C10H14O4S/c1-4-22(5-2)12-6-7-14(3)21-17-10-11-20-18-13-15(19)8-9-16(17)18;1-6(2)8-5-10(15(12,13)14)7(3)4-9(8)11/h8-11,13-14H,4-7,12H2,1-3H3,(H,20,21);4-6,11H,1-3H3,(H,12,13,14). The van der Waals surface area contributed by atoms with Crippen LogP contribution in [0.4, 0.5) is 5.69 Å². The summed E-state index contributed by atoms with van der Waals surface area (Å²) in [5.74, 6) is 0.0426. The number of aromatic nitrogens is 1. The van der Waals surface area contributed by atoms with Gasteiger partial charge in [0, 0.05) is 28.3 Å². The van der Waals surface area contributed by atoms with Crippen LogP contribution in [0.2, 0.25) is 5.02 Å². The highest BCUT2D eigenvalue weighted by Crippen LogP contribution is 2.30. The SMILES string of the molecule is CCN(CC)CCCC(C)Nc1ccnc2cc(Cl)ccc12.Cc1cc(O)c(C(C)C)cc1S(=O)(=O)O. The summed E-state index contributed by atoms with van der Waals surface area (Å²) in [6, 6.07) is 11.0. The molecule has 0 bridgehead atoms. The lowest BCUT2D eigenvalue weighted by Crippen LogP contribution is -2.25. The first-order chi connectivity index (χ1) is 17.4. The molecule has 37 heavy (non-hydrogen) atoms. The third-order valence-electron chi connectivity index (χ3n) is 6.34. The van der Waals surface area contributed by atoms with Gasteiger partial charge in [-0.25, -0.2) is 0 Å². The Morgan fingerprint density at radius 3 is 2.35 bits per heavy atom. The fraction of sp³-hybridized carbons (Fsp3) is 0.464. The Morgan fingerprint density at radius 1 is 1.08 bits per heavy atom. The Morgan fingerprint density at radius 2 is 1.76 bits per heavy atom. The summed E-state index contributed by atoms with van der Waals surface area (Å²) in [6.07, 6.45) is 4.21. The minimum absolute atomic E-state index is 0.00824. The molecule has 3 N–H and O–H groups in total. The zero-order chi connectivity index (χ0) is 27.8. The number of halogens is 1. The molecular formula is C28H40ClN3O4S. The summed E-state index contributed by atoms with van der Waals surface area (Å²) >= 11 is 6.04. The predicted octanol–water partition coefficient (Wildman–Crippen LogP) is 6.88. The first kappa shape index (κ1) is 30.8. The average molecular weight is 550 g/mol. The molecule has 9 heteroatoms. The van der Waals surface area contributed by atoms with Gasteiger partial charge in [0.1, 0.15) is 5.75 Å². The van der Waals surface area contributed by atoms with Crippen LogP contribution in [0.25, 0.3) is 10.9 Å². The second-order valence-corrected chi connectivity index (χ2v) is 11.4. The van der Waals surface area contributed by atoms with E-state index in [9.17, 15) is 13.5 Å². The molecule has 1 unspecified atom stereocenters. The molecule has 0 spiro atoms.